The van der Waals surface area contributed by atoms with Crippen LogP contribution in [0, 0.1) is 5.92 Å². The number of hydrogen-bond acceptors (Lipinski definition) is 3. The van der Waals surface area contributed by atoms with Crippen molar-refractivity contribution in [3.8, 4) is 0 Å². The molecule has 2 heterocycles. The van der Waals surface area contributed by atoms with E-state index in [0.29, 0.717) is 10.7 Å². The van der Waals surface area contributed by atoms with Crippen molar-refractivity contribution in [1.29, 1.82) is 0 Å². The first-order valence-electron chi connectivity index (χ1n) is 4.79. The third kappa shape index (κ3) is 1.38. The zero-order valence-electron chi connectivity index (χ0n) is 7.42. The predicted octanol–water partition coefficient (Wildman–Crippen LogP) is 1.25. The van der Waals surface area contributed by atoms with E-state index in [0.717, 1.165) is 19.8 Å². The Hall–Kier alpha value is 0.270. The van der Waals surface area contributed by atoms with Crippen LogP contribution in [0.3, 0.4) is 0 Å². The summed E-state index contributed by atoms with van der Waals surface area (Å²) in [6.45, 7) is 2.75. The molecule has 2 unspecified atom stereocenters. The largest absolute Gasteiger partial charge is 0.380 e. The number of nitrogens with two attached hydrogens (primary N) is 1. The van der Waals surface area contributed by atoms with Crippen LogP contribution >= 0.6 is 11.8 Å². The van der Waals surface area contributed by atoms with E-state index in [1.165, 1.54) is 25.0 Å². The van der Waals surface area contributed by atoms with Crippen molar-refractivity contribution >= 4 is 11.8 Å². The van der Waals surface area contributed by atoms with E-state index in [1.807, 2.05) is 0 Å². The minimum atomic E-state index is 0.410. The number of ether oxygens (including phenoxy) is 1. The van der Waals surface area contributed by atoms with Gasteiger partial charge in [0, 0.05) is 11.4 Å². The molecule has 0 aromatic rings. The van der Waals surface area contributed by atoms with Gasteiger partial charge in [-0.25, -0.2) is 0 Å². The van der Waals surface area contributed by atoms with Gasteiger partial charge in [-0.2, -0.15) is 11.8 Å². The van der Waals surface area contributed by atoms with Gasteiger partial charge in [0.1, 0.15) is 0 Å². The molecular weight excluding hydrogens is 170 g/mol. The van der Waals surface area contributed by atoms with Gasteiger partial charge in [-0.1, -0.05) is 0 Å². The van der Waals surface area contributed by atoms with Crippen LogP contribution in [0.4, 0.5) is 0 Å². The first kappa shape index (κ1) is 8.85. The van der Waals surface area contributed by atoms with Gasteiger partial charge in [-0.15, -0.1) is 0 Å². The van der Waals surface area contributed by atoms with Crippen molar-refractivity contribution in [3.05, 3.63) is 0 Å². The number of rotatable bonds is 1. The average molecular weight is 187 g/mol. The molecule has 0 amide bonds. The highest BCUT2D eigenvalue weighted by molar-refractivity contribution is 8.00. The molecule has 2 nitrogen and oxygen atoms in total. The Labute approximate surface area is 78.2 Å². The van der Waals surface area contributed by atoms with Gasteiger partial charge in [-0.05, 0) is 37.5 Å². The van der Waals surface area contributed by atoms with Gasteiger partial charge in [0.05, 0.1) is 6.61 Å². The molecule has 2 fully saturated rings. The van der Waals surface area contributed by atoms with Crippen molar-refractivity contribution in [2.24, 2.45) is 11.7 Å². The van der Waals surface area contributed by atoms with Crippen LogP contribution in [0.2, 0.25) is 0 Å². The van der Waals surface area contributed by atoms with E-state index in [1.54, 1.807) is 0 Å². The molecular formula is C9H17NOS. The summed E-state index contributed by atoms with van der Waals surface area (Å²) < 4.78 is 5.97. The van der Waals surface area contributed by atoms with Gasteiger partial charge in [0.2, 0.25) is 0 Å². The Balaban J connectivity index is 2.05. The van der Waals surface area contributed by atoms with Gasteiger partial charge < -0.3 is 10.5 Å². The van der Waals surface area contributed by atoms with Crippen LogP contribution in [-0.2, 0) is 4.74 Å². The Morgan fingerprint density at radius 2 is 2.50 bits per heavy atom. The van der Waals surface area contributed by atoms with Crippen molar-refractivity contribution in [3.63, 3.8) is 0 Å². The molecule has 0 aliphatic carbocycles. The maximum atomic E-state index is 5.77. The minimum Gasteiger partial charge on any atom is -0.380 e. The molecule has 70 valence electrons. The van der Waals surface area contributed by atoms with Crippen molar-refractivity contribution in [2.75, 3.05) is 25.5 Å². The van der Waals surface area contributed by atoms with Crippen molar-refractivity contribution in [1.82, 2.24) is 0 Å². The van der Waals surface area contributed by atoms with Crippen LogP contribution in [0.25, 0.3) is 0 Å². The van der Waals surface area contributed by atoms with Crippen LogP contribution in [0.15, 0.2) is 0 Å². The van der Waals surface area contributed by atoms with Crippen LogP contribution in [-0.4, -0.2) is 30.3 Å². The van der Waals surface area contributed by atoms with Crippen molar-refractivity contribution < 1.29 is 4.74 Å². The zero-order chi connectivity index (χ0) is 8.44. The molecule has 2 atom stereocenters. The molecule has 1 spiro atoms. The Morgan fingerprint density at radius 1 is 1.58 bits per heavy atom. The van der Waals surface area contributed by atoms with Crippen LogP contribution < -0.4 is 5.73 Å². The SMILES string of the molecule is NCC1CCSC12CCCOC2. The molecule has 3 heteroatoms. The first-order valence-corrected chi connectivity index (χ1v) is 5.78. The molecule has 0 saturated carbocycles. The summed E-state index contributed by atoms with van der Waals surface area (Å²) >= 11 is 2.09. The number of hydrogen-bond donors (Lipinski definition) is 1. The first-order chi connectivity index (χ1) is 5.87. The summed E-state index contributed by atoms with van der Waals surface area (Å²) in [4.78, 5) is 0. The zero-order valence-corrected chi connectivity index (χ0v) is 8.24. The Bertz CT molecular complexity index is 157. The monoisotopic (exact) mass is 187 g/mol. The Morgan fingerprint density at radius 3 is 3.17 bits per heavy atom. The third-order valence-corrected chi connectivity index (χ3v) is 4.79. The quantitative estimate of drug-likeness (QED) is 0.671. The molecule has 2 saturated heterocycles. The van der Waals surface area contributed by atoms with Gasteiger partial charge in [-0.3, -0.25) is 0 Å². The molecule has 0 radical (unpaired) electrons. The molecule has 2 aliphatic rings. The fraction of sp³-hybridized carbons (Fsp3) is 1.00. The van der Waals surface area contributed by atoms with Crippen molar-refractivity contribution in [2.45, 2.75) is 24.0 Å². The Kier molecular flexibility index (Phi) is 2.63. The topological polar surface area (TPSA) is 35.2 Å². The average Bonchev–Trinajstić information content (AvgIpc) is 2.49. The van der Waals surface area contributed by atoms with Crippen LogP contribution in [0.5, 0.6) is 0 Å². The third-order valence-electron chi connectivity index (χ3n) is 3.12. The molecule has 2 aliphatic heterocycles. The van der Waals surface area contributed by atoms with E-state index in [2.05, 4.69) is 11.8 Å². The summed E-state index contributed by atoms with van der Waals surface area (Å²) in [5.41, 5.74) is 5.77. The molecule has 0 aromatic carbocycles. The van der Waals surface area contributed by atoms with E-state index in [9.17, 15) is 0 Å². The predicted molar refractivity (Wildman–Crippen MR) is 52.4 cm³/mol. The maximum Gasteiger partial charge on any atom is 0.0616 e. The normalized spacial score (nSPS) is 42.2. The van der Waals surface area contributed by atoms with Gasteiger partial charge in [0.15, 0.2) is 0 Å². The second kappa shape index (κ2) is 3.56. The molecule has 0 aromatic heterocycles. The van der Waals surface area contributed by atoms with E-state index >= 15 is 0 Å². The second-order valence-corrected chi connectivity index (χ2v) is 5.30. The van der Waals surface area contributed by atoms with E-state index in [4.69, 9.17) is 10.5 Å². The van der Waals surface area contributed by atoms with Gasteiger partial charge >= 0.3 is 0 Å². The lowest BCUT2D eigenvalue weighted by Gasteiger charge is -2.37. The number of thioether (sulfide) groups is 1. The van der Waals surface area contributed by atoms with Crippen LogP contribution in [0.1, 0.15) is 19.3 Å². The smallest absolute Gasteiger partial charge is 0.0616 e. The lowest BCUT2D eigenvalue weighted by Crippen LogP contribution is -2.42. The highest BCUT2D eigenvalue weighted by Gasteiger charge is 2.43. The molecule has 2 rings (SSSR count). The van der Waals surface area contributed by atoms with E-state index in [-0.39, 0.29) is 0 Å². The lowest BCUT2D eigenvalue weighted by molar-refractivity contribution is 0.0527. The summed E-state index contributed by atoms with van der Waals surface area (Å²) in [5.74, 6) is 1.99. The molecule has 12 heavy (non-hydrogen) atoms. The molecule has 0 bridgehead atoms. The fourth-order valence-corrected chi connectivity index (χ4v) is 4.06. The lowest BCUT2D eigenvalue weighted by atomic mass is 9.85. The summed E-state index contributed by atoms with van der Waals surface area (Å²) in [6.07, 6.45) is 3.84. The van der Waals surface area contributed by atoms with Gasteiger partial charge in [0.25, 0.3) is 0 Å². The minimum absolute atomic E-state index is 0.410. The summed E-state index contributed by atoms with van der Waals surface area (Å²) in [6, 6.07) is 0. The summed E-state index contributed by atoms with van der Waals surface area (Å²) in [7, 11) is 0. The highest BCUT2D eigenvalue weighted by Crippen LogP contribution is 2.47. The fourth-order valence-electron chi connectivity index (χ4n) is 2.34. The maximum absolute atomic E-state index is 5.77. The molecule has 2 N–H and O–H groups in total. The standard InChI is InChI=1S/C9H17NOS/c10-6-8-2-5-12-9(8)3-1-4-11-7-9/h8H,1-7,10H2. The second-order valence-electron chi connectivity index (χ2n) is 3.79. The van der Waals surface area contributed by atoms with E-state index < -0.39 is 0 Å². The summed E-state index contributed by atoms with van der Waals surface area (Å²) in [5, 5.41) is 0. The highest BCUT2D eigenvalue weighted by atomic mass is 32.2.